The maximum Gasteiger partial charge on any atom is 0.340 e. The Morgan fingerprint density at radius 2 is 1.65 bits per heavy atom. The van der Waals surface area contributed by atoms with E-state index >= 15 is 0 Å². The number of carboxylic acid groups (broad SMARTS) is 1. The van der Waals surface area contributed by atoms with Crippen molar-refractivity contribution >= 4 is 33.3 Å². The van der Waals surface area contributed by atoms with Gasteiger partial charge < -0.3 is 34.0 Å². The molecule has 0 spiro atoms. The normalized spacial score (nSPS) is 20.2. The third-order valence-electron chi connectivity index (χ3n) is 6.40. The number of carbonyl (C=O) groups excluding carboxylic acids is 2. The molecule has 0 aliphatic heterocycles. The van der Waals surface area contributed by atoms with E-state index in [0.29, 0.717) is 25.2 Å². The van der Waals surface area contributed by atoms with Gasteiger partial charge in [0.1, 0.15) is 11.7 Å². The van der Waals surface area contributed by atoms with Crippen molar-refractivity contribution in [3.05, 3.63) is 29.8 Å². The summed E-state index contributed by atoms with van der Waals surface area (Å²) in [6.45, 7) is 11.6. The molecule has 1 aliphatic carbocycles. The molecule has 1 amide bonds. The summed E-state index contributed by atoms with van der Waals surface area (Å²) in [6.07, 6.45) is 0.509. The molecule has 1 aliphatic rings. The molecule has 12 nitrogen and oxygen atoms in total. The van der Waals surface area contributed by atoms with E-state index in [4.69, 9.17) is 24.0 Å². The fourth-order valence-electron chi connectivity index (χ4n) is 4.56. The van der Waals surface area contributed by atoms with Crippen LogP contribution in [0.25, 0.3) is 0 Å². The van der Waals surface area contributed by atoms with Gasteiger partial charge >= 0.3 is 13.6 Å². The van der Waals surface area contributed by atoms with Gasteiger partial charge in [-0.15, -0.1) is 0 Å². The first kappa shape index (κ1) is 36.0. The molecular weight excluding hydrogens is 562 g/mol. The fraction of sp³-hybridized carbons (Fsp3) is 0.654. The van der Waals surface area contributed by atoms with Gasteiger partial charge in [0.2, 0.25) is 13.3 Å². The number of aliphatic carboxylic acids is 1. The molecule has 0 aromatic heterocycles. The minimum atomic E-state index is -3.26. The highest BCUT2D eigenvalue weighted by Crippen LogP contribution is 2.61. The number of hydrogen-bond acceptors (Lipinski definition) is 10. The van der Waals surface area contributed by atoms with E-state index in [1.54, 1.807) is 46.0 Å². The van der Waals surface area contributed by atoms with Crippen molar-refractivity contribution < 1.29 is 46.9 Å². The standard InChI is InChI=1S/C18H24N2O5.C8H20O5P2/c1-18(2,12-6-4-5-7-14(12)25-10-21)9-15(22)20(3)16-11(17(23)24)8-13(16)19;1-5-11-14(4,9)8-15(10,12-6-2)13-7-3/h4-7,10-11,13,16H,8-9,19H2,1-3H3,(H,23,24);5-8H2,1-4H3. The van der Waals surface area contributed by atoms with Crippen molar-refractivity contribution in [1.82, 2.24) is 4.90 Å². The molecule has 4 atom stereocenters. The molecule has 0 saturated heterocycles. The average Bonchev–Trinajstić information content (AvgIpc) is 2.82. The van der Waals surface area contributed by atoms with Gasteiger partial charge in [-0.3, -0.25) is 23.5 Å². The number of carbonyl (C=O) groups is 3. The average molecular weight is 607 g/mol. The van der Waals surface area contributed by atoms with Gasteiger partial charge in [0.05, 0.1) is 31.8 Å². The topological polar surface area (TPSA) is 172 Å². The van der Waals surface area contributed by atoms with Gasteiger partial charge in [0.25, 0.3) is 6.47 Å². The van der Waals surface area contributed by atoms with Crippen LogP contribution in [0, 0.1) is 5.92 Å². The number of rotatable bonds is 15. The Morgan fingerprint density at radius 3 is 2.12 bits per heavy atom. The summed E-state index contributed by atoms with van der Waals surface area (Å²) in [7, 11) is -4.56. The lowest BCUT2D eigenvalue weighted by Crippen LogP contribution is -2.63. The second kappa shape index (κ2) is 15.8. The Bertz CT molecular complexity index is 1090. The lowest BCUT2D eigenvalue weighted by atomic mass is 9.73. The predicted molar refractivity (Wildman–Crippen MR) is 152 cm³/mol. The summed E-state index contributed by atoms with van der Waals surface area (Å²) in [5.74, 6) is -1.51. The van der Waals surface area contributed by atoms with Crippen molar-refractivity contribution in [1.29, 1.82) is 0 Å². The summed E-state index contributed by atoms with van der Waals surface area (Å²) in [5.41, 5.74) is 6.05. The Kier molecular flexibility index (Phi) is 14.2. The fourth-order valence-corrected chi connectivity index (χ4v) is 9.47. The van der Waals surface area contributed by atoms with Crippen LogP contribution in [0.4, 0.5) is 0 Å². The highest BCUT2D eigenvalue weighted by Gasteiger charge is 2.47. The maximum atomic E-state index is 12.7. The van der Waals surface area contributed by atoms with E-state index < -0.39 is 38.3 Å². The number of para-hydroxylation sites is 1. The Labute approximate surface area is 236 Å². The van der Waals surface area contributed by atoms with Crippen LogP contribution in [0.1, 0.15) is 53.0 Å². The third-order valence-corrected chi connectivity index (χ3v) is 12.0. The van der Waals surface area contributed by atoms with Gasteiger partial charge in [-0.25, -0.2) is 0 Å². The van der Waals surface area contributed by atoms with Crippen LogP contribution in [0.2, 0.25) is 0 Å². The van der Waals surface area contributed by atoms with E-state index in [-0.39, 0.29) is 37.5 Å². The number of nitrogens with zero attached hydrogens (tertiary/aromatic N) is 1. The highest BCUT2D eigenvalue weighted by atomic mass is 31.2. The van der Waals surface area contributed by atoms with E-state index in [9.17, 15) is 28.6 Å². The van der Waals surface area contributed by atoms with Crippen molar-refractivity contribution in [3.8, 4) is 5.75 Å². The first-order valence-corrected chi connectivity index (χ1v) is 17.1. The zero-order valence-corrected chi connectivity index (χ0v) is 26.2. The number of carboxylic acids is 1. The van der Waals surface area contributed by atoms with Crippen molar-refractivity contribution in [2.24, 2.45) is 11.7 Å². The molecule has 40 heavy (non-hydrogen) atoms. The summed E-state index contributed by atoms with van der Waals surface area (Å²) in [6, 6.07) is 6.21. The molecule has 1 fully saturated rings. The minimum absolute atomic E-state index is 0.137. The largest absolute Gasteiger partial charge is 0.481 e. The monoisotopic (exact) mass is 606 g/mol. The summed E-state index contributed by atoms with van der Waals surface area (Å²) in [5, 5.41) is 9.22. The van der Waals surface area contributed by atoms with Crippen LogP contribution in [0.5, 0.6) is 5.75 Å². The SMILES string of the molecule is CCOP(C)(=O)CP(=O)(OCC)OCC.CN(C(=O)CC(C)(C)c1ccccc1OC=O)C1C(N)CC1C(=O)O. The van der Waals surface area contributed by atoms with Crippen LogP contribution in [-0.4, -0.2) is 79.9 Å². The van der Waals surface area contributed by atoms with Crippen molar-refractivity contribution in [3.63, 3.8) is 0 Å². The number of benzene rings is 1. The molecular formula is C26H44N2O10P2. The van der Waals surface area contributed by atoms with E-state index in [1.165, 1.54) is 11.6 Å². The molecule has 1 aromatic carbocycles. The molecule has 0 bridgehead atoms. The van der Waals surface area contributed by atoms with Gasteiger partial charge in [-0.2, -0.15) is 0 Å². The van der Waals surface area contributed by atoms with Crippen LogP contribution >= 0.6 is 15.0 Å². The second-order valence-electron chi connectivity index (χ2n) is 10.1. The molecule has 1 aromatic rings. The first-order chi connectivity index (χ1) is 18.6. The summed E-state index contributed by atoms with van der Waals surface area (Å²) in [4.78, 5) is 36.1. The van der Waals surface area contributed by atoms with Crippen LogP contribution in [0.15, 0.2) is 24.3 Å². The van der Waals surface area contributed by atoms with Gasteiger partial charge in [0, 0.05) is 37.2 Å². The number of hydrogen-bond donors (Lipinski definition) is 2. The summed E-state index contributed by atoms with van der Waals surface area (Å²) >= 11 is 0. The third kappa shape index (κ3) is 10.4. The van der Waals surface area contributed by atoms with E-state index in [0.717, 1.165) is 5.56 Å². The van der Waals surface area contributed by atoms with Gasteiger partial charge in [-0.05, 0) is 33.3 Å². The minimum Gasteiger partial charge on any atom is -0.481 e. The lowest BCUT2D eigenvalue weighted by molar-refractivity contribution is -0.153. The Hall–Kier alpha value is -2.07. The quantitative estimate of drug-likeness (QED) is 0.215. The van der Waals surface area contributed by atoms with Gasteiger partial charge in [-0.1, -0.05) is 32.0 Å². The smallest absolute Gasteiger partial charge is 0.340 e. The zero-order chi connectivity index (χ0) is 30.7. The second-order valence-corrected chi connectivity index (χ2v) is 15.3. The maximum absolute atomic E-state index is 12.7. The van der Waals surface area contributed by atoms with Crippen molar-refractivity contribution in [2.75, 3.05) is 39.4 Å². The molecule has 3 N–H and O–H groups in total. The number of ether oxygens (including phenoxy) is 1. The number of nitrogens with two attached hydrogens (primary N) is 1. The number of amides is 1. The molecule has 0 radical (unpaired) electrons. The molecule has 2 rings (SSSR count). The molecule has 4 unspecified atom stereocenters. The van der Waals surface area contributed by atoms with Gasteiger partial charge in [0.15, 0.2) is 0 Å². The zero-order valence-electron chi connectivity index (χ0n) is 24.4. The summed E-state index contributed by atoms with van der Waals surface area (Å²) < 4.78 is 43.9. The van der Waals surface area contributed by atoms with E-state index in [2.05, 4.69) is 0 Å². The first-order valence-electron chi connectivity index (χ1n) is 13.1. The van der Waals surface area contributed by atoms with Crippen molar-refractivity contribution in [2.45, 2.75) is 65.0 Å². The van der Waals surface area contributed by atoms with Crippen LogP contribution in [0.3, 0.4) is 0 Å². The Balaban J connectivity index is 0.000000459. The van der Waals surface area contributed by atoms with Crippen LogP contribution in [-0.2, 0) is 42.5 Å². The van der Waals surface area contributed by atoms with Crippen LogP contribution < -0.4 is 10.5 Å². The number of likely N-dealkylation sites (N-methyl/N-ethyl adjacent to an activating group) is 1. The van der Waals surface area contributed by atoms with E-state index in [1.807, 2.05) is 19.9 Å². The molecule has 0 heterocycles. The molecule has 228 valence electrons. The lowest BCUT2D eigenvalue weighted by Gasteiger charge is -2.46. The molecule has 1 saturated carbocycles. The predicted octanol–water partition coefficient (Wildman–Crippen LogP) is 4.30. The molecule has 14 heteroatoms. The Morgan fingerprint density at radius 1 is 1.10 bits per heavy atom. The highest BCUT2D eigenvalue weighted by molar-refractivity contribution is 7.73.